The van der Waals surface area contributed by atoms with E-state index >= 15 is 0 Å². The fraction of sp³-hybridized carbons (Fsp3) is 0.381. The summed E-state index contributed by atoms with van der Waals surface area (Å²) in [6.45, 7) is 4.51. The molecule has 1 aliphatic heterocycles. The second-order valence-electron chi connectivity index (χ2n) is 6.74. The van der Waals surface area contributed by atoms with Crippen LogP contribution in [0.1, 0.15) is 60.2 Å². The highest BCUT2D eigenvalue weighted by Crippen LogP contribution is 2.23. The van der Waals surface area contributed by atoms with Crippen LogP contribution in [0.3, 0.4) is 0 Å². The number of carbonyl (C=O) groups is 2. The average molecular weight is 351 g/mol. The summed E-state index contributed by atoms with van der Waals surface area (Å²) in [5.74, 6) is 0.736. The maximum absolute atomic E-state index is 12.9. The average Bonchev–Trinajstić information content (AvgIpc) is 2.68. The van der Waals surface area contributed by atoms with E-state index in [1.54, 1.807) is 37.4 Å². The molecule has 1 aliphatic rings. The van der Waals surface area contributed by atoms with Crippen molar-refractivity contribution in [2.45, 2.75) is 45.6 Å². The molecule has 1 amide bonds. The predicted octanol–water partition coefficient (Wildman–Crippen LogP) is 4.43. The van der Waals surface area contributed by atoms with Gasteiger partial charge in [-0.1, -0.05) is 6.92 Å². The first-order valence-corrected chi connectivity index (χ1v) is 9.23. The number of hydrogen-bond donors (Lipinski definition) is 1. The third-order valence-corrected chi connectivity index (χ3v) is 4.93. The van der Waals surface area contributed by atoms with Gasteiger partial charge in [0.15, 0.2) is 5.78 Å². The molecule has 0 spiro atoms. The Hall–Kier alpha value is -2.69. The summed E-state index contributed by atoms with van der Waals surface area (Å²) < 4.78 is 0. The van der Waals surface area contributed by atoms with Crippen molar-refractivity contribution in [3.63, 3.8) is 0 Å². The number of likely N-dealkylation sites (tertiary alicyclic amines) is 1. The van der Waals surface area contributed by atoms with E-state index in [-0.39, 0.29) is 11.7 Å². The molecule has 1 fully saturated rings. The van der Waals surface area contributed by atoms with Crippen LogP contribution in [0, 0.1) is 0 Å². The Labute approximate surface area is 154 Å². The zero-order valence-corrected chi connectivity index (χ0v) is 15.4. The number of amides is 1. The Morgan fingerprint density at radius 2 is 1.92 bits per heavy atom. The second kappa shape index (κ2) is 8.13. The van der Waals surface area contributed by atoms with Gasteiger partial charge in [-0.15, -0.1) is 0 Å². The molecule has 3 rings (SSSR count). The van der Waals surface area contributed by atoms with Crippen molar-refractivity contribution >= 4 is 23.2 Å². The second-order valence-corrected chi connectivity index (χ2v) is 6.74. The number of Topliss-reactive ketones (excluding diaryl/α,β-unsaturated/α-hetero) is 1. The smallest absolute Gasteiger partial charge is 0.254 e. The molecule has 0 saturated carbocycles. The molecule has 1 atom stereocenters. The van der Waals surface area contributed by atoms with Gasteiger partial charge in [0.25, 0.3) is 5.91 Å². The van der Waals surface area contributed by atoms with Crippen LogP contribution in [0.5, 0.6) is 0 Å². The van der Waals surface area contributed by atoms with Gasteiger partial charge in [-0.2, -0.15) is 0 Å². The summed E-state index contributed by atoms with van der Waals surface area (Å²) in [6, 6.07) is 11.1. The number of anilines is 2. The van der Waals surface area contributed by atoms with E-state index in [0.717, 1.165) is 31.5 Å². The van der Waals surface area contributed by atoms with Gasteiger partial charge < -0.3 is 10.2 Å². The zero-order valence-electron chi connectivity index (χ0n) is 15.4. The van der Waals surface area contributed by atoms with Crippen LogP contribution >= 0.6 is 0 Å². The fourth-order valence-corrected chi connectivity index (χ4v) is 3.43. The van der Waals surface area contributed by atoms with Crippen LogP contribution in [0.2, 0.25) is 0 Å². The van der Waals surface area contributed by atoms with E-state index < -0.39 is 0 Å². The summed E-state index contributed by atoms with van der Waals surface area (Å²) in [5.41, 5.74) is 2.16. The van der Waals surface area contributed by atoms with Crippen molar-refractivity contribution < 1.29 is 9.59 Å². The number of rotatable bonds is 5. The van der Waals surface area contributed by atoms with Gasteiger partial charge >= 0.3 is 0 Å². The molecule has 0 radical (unpaired) electrons. The van der Waals surface area contributed by atoms with Crippen LogP contribution in [0.4, 0.5) is 11.5 Å². The number of carbonyl (C=O) groups excluding carboxylic acids is 2. The first-order valence-electron chi connectivity index (χ1n) is 9.23. The molecule has 0 aliphatic carbocycles. The lowest BCUT2D eigenvalue weighted by Gasteiger charge is -2.35. The highest BCUT2D eigenvalue weighted by atomic mass is 16.2. The highest BCUT2D eigenvalue weighted by Gasteiger charge is 2.26. The minimum atomic E-state index is 0.0364. The van der Waals surface area contributed by atoms with Gasteiger partial charge in [-0.25, -0.2) is 4.98 Å². The van der Waals surface area contributed by atoms with Crippen LogP contribution in [0.25, 0.3) is 0 Å². The number of piperidine rings is 1. The lowest BCUT2D eigenvalue weighted by Crippen LogP contribution is -2.43. The van der Waals surface area contributed by atoms with E-state index in [9.17, 15) is 9.59 Å². The number of nitrogens with zero attached hydrogens (tertiary/aromatic N) is 2. The third-order valence-electron chi connectivity index (χ3n) is 4.93. The van der Waals surface area contributed by atoms with Crippen LogP contribution in [0.15, 0.2) is 42.6 Å². The van der Waals surface area contributed by atoms with Crippen molar-refractivity contribution in [2.24, 2.45) is 0 Å². The van der Waals surface area contributed by atoms with E-state index in [1.807, 2.05) is 17.0 Å². The number of benzene rings is 1. The molecule has 1 aromatic carbocycles. The molecular formula is C21H25N3O2. The van der Waals surface area contributed by atoms with E-state index in [4.69, 9.17) is 0 Å². The SMILES string of the molecule is CCC1CCCCN1C(=O)c1ccnc(Nc2ccc(C(C)=O)cc2)c1. The van der Waals surface area contributed by atoms with Crippen molar-refractivity contribution in [2.75, 3.05) is 11.9 Å². The first kappa shape index (κ1) is 18.1. The van der Waals surface area contributed by atoms with Crippen molar-refractivity contribution in [1.29, 1.82) is 0 Å². The minimum absolute atomic E-state index is 0.0364. The molecule has 136 valence electrons. The molecule has 0 bridgehead atoms. The normalized spacial score (nSPS) is 17.0. The van der Waals surface area contributed by atoms with Crippen molar-refractivity contribution in [1.82, 2.24) is 9.88 Å². The number of hydrogen-bond acceptors (Lipinski definition) is 4. The summed E-state index contributed by atoms with van der Waals surface area (Å²) in [4.78, 5) is 30.6. The Bertz CT molecular complexity index is 786. The van der Waals surface area contributed by atoms with Crippen LogP contribution in [-0.2, 0) is 0 Å². The largest absolute Gasteiger partial charge is 0.340 e. The summed E-state index contributed by atoms with van der Waals surface area (Å²) in [6.07, 6.45) is 6.00. The fourth-order valence-electron chi connectivity index (χ4n) is 3.43. The Kier molecular flexibility index (Phi) is 5.66. The number of nitrogens with one attached hydrogen (secondary N) is 1. The van der Waals surface area contributed by atoms with Crippen LogP contribution in [-0.4, -0.2) is 34.2 Å². The molecular weight excluding hydrogens is 326 g/mol. The van der Waals surface area contributed by atoms with E-state index in [1.165, 1.54) is 6.42 Å². The van der Waals surface area contributed by atoms with Gasteiger partial charge in [0.05, 0.1) is 0 Å². The maximum atomic E-state index is 12.9. The quantitative estimate of drug-likeness (QED) is 0.809. The van der Waals surface area contributed by atoms with Gasteiger partial charge in [0, 0.05) is 35.6 Å². The summed E-state index contributed by atoms with van der Waals surface area (Å²) >= 11 is 0. The Morgan fingerprint density at radius 3 is 2.62 bits per heavy atom. The standard InChI is InChI=1S/C21H25N3O2/c1-3-19-6-4-5-13-24(19)21(26)17-11-12-22-20(14-17)23-18-9-7-16(8-10-18)15(2)25/h7-12,14,19H,3-6,13H2,1-2H3,(H,22,23). The summed E-state index contributed by atoms with van der Waals surface area (Å²) in [5, 5.41) is 3.20. The first-order chi connectivity index (χ1) is 12.6. The number of ketones is 1. The van der Waals surface area contributed by atoms with Gasteiger partial charge in [-0.3, -0.25) is 9.59 Å². The zero-order chi connectivity index (χ0) is 18.5. The topological polar surface area (TPSA) is 62.3 Å². The molecule has 2 heterocycles. The molecule has 1 unspecified atom stereocenters. The molecule has 2 aromatic rings. The lowest BCUT2D eigenvalue weighted by molar-refractivity contribution is 0.0608. The minimum Gasteiger partial charge on any atom is -0.340 e. The van der Waals surface area contributed by atoms with Crippen molar-refractivity contribution in [3.05, 3.63) is 53.7 Å². The molecule has 5 heteroatoms. The molecule has 26 heavy (non-hydrogen) atoms. The number of aromatic nitrogens is 1. The van der Waals surface area contributed by atoms with Gasteiger partial charge in [-0.05, 0) is 69.0 Å². The monoisotopic (exact) mass is 351 g/mol. The summed E-state index contributed by atoms with van der Waals surface area (Å²) in [7, 11) is 0. The molecule has 1 aromatic heterocycles. The Morgan fingerprint density at radius 1 is 1.15 bits per heavy atom. The van der Waals surface area contributed by atoms with Gasteiger partial charge in [0.1, 0.15) is 5.82 Å². The molecule has 1 N–H and O–H groups in total. The Balaban J connectivity index is 1.75. The van der Waals surface area contributed by atoms with E-state index in [2.05, 4.69) is 17.2 Å². The van der Waals surface area contributed by atoms with Crippen LogP contribution < -0.4 is 5.32 Å². The van der Waals surface area contributed by atoms with Crippen molar-refractivity contribution in [3.8, 4) is 0 Å². The maximum Gasteiger partial charge on any atom is 0.254 e. The predicted molar refractivity (Wildman–Crippen MR) is 103 cm³/mol. The molecule has 5 nitrogen and oxygen atoms in total. The molecule has 1 saturated heterocycles. The number of pyridine rings is 1. The van der Waals surface area contributed by atoms with Gasteiger partial charge in [0.2, 0.25) is 0 Å². The van der Waals surface area contributed by atoms with E-state index in [0.29, 0.717) is 23.0 Å². The lowest BCUT2D eigenvalue weighted by atomic mass is 9.99. The highest BCUT2D eigenvalue weighted by molar-refractivity contribution is 5.95. The third kappa shape index (κ3) is 4.10.